The molecule has 3 nitrogen and oxygen atoms in total. The molecule has 0 heterocycles. The Bertz CT molecular complexity index is 170. The molecule has 17 heavy (non-hydrogen) atoms. The zero-order valence-corrected chi connectivity index (χ0v) is 12.3. The number of hydrogen-bond acceptors (Lipinski definition) is 3. The summed E-state index contributed by atoms with van der Waals surface area (Å²) in [4.78, 5) is 0. The summed E-state index contributed by atoms with van der Waals surface area (Å²) in [7, 11) is 3.53. The SMILES string of the molecule is CCC(CC)(CNCCOC)C(C)CCOC. The molecule has 1 N–H and O–H groups in total. The van der Waals surface area contributed by atoms with Gasteiger partial charge < -0.3 is 14.8 Å². The molecule has 0 saturated carbocycles. The van der Waals surface area contributed by atoms with E-state index in [2.05, 4.69) is 26.1 Å². The lowest BCUT2D eigenvalue weighted by atomic mass is 9.70. The normalized spacial score (nSPS) is 13.9. The van der Waals surface area contributed by atoms with Gasteiger partial charge in [-0.15, -0.1) is 0 Å². The third kappa shape index (κ3) is 5.84. The Morgan fingerprint density at radius 2 is 1.65 bits per heavy atom. The van der Waals surface area contributed by atoms with Gasteiger partial charge in [-0.05, 0) is 30.6 Å². The second-order valence-electron chi connectivity index (χ2n) is 4.92. The van der Waals surface area contributed by atoms with Crippen molar-refractivity contribution >= 4 is 0 Å². The van der Waals surface area contributed by atoms with Crippen molar-refractivity contribution in [2.24, 2.45) is 11.3 Å². The summed E-state index contributed by atoms with van der Waals surface area (Å²) in [6, 6.07) is 0. The lowest BCUT2D eigenvalue weighted by Crippen LogP contribution is -2.40. The molecule has 1 atom stereocenters. The van der Waals surface area contributed by atoms with Gasteiger partial charge in [0, 0.05) is 33.9 Å². The van der Waals surface area contributed by atoms with Crippen LogP contribution in [0.25, 0.3) is 0 Å². The summed E-state index contributed by atoms with van der Waals surface area (Å²) in [6.45, 7) is 10.6. The molecule has 0 aromatic heterocycles. The van der Waals surface area contributed by atoms with E-state index in [-0.39, 0.29) is 0 Å². The Labute approximate surface area is 107 Å². The van der Waals surface area contributed by atoms with Crippen LogP contribution in [0.4, 0.5) is 0 Å². The first-order valence-electron chi connectivity index (χ1n) is 6.85. The topological polar surface area (TPSA) is 30.5 Å². The first-order valence-corrected chi connectivity index (χ1v) is 6.85. The van der Waals surface area contributed by atoms with Gasteiger partial charge in [0.25, 0.3) is 0 Å². The molecule has 0 fully saturated rings. The monoisotopic (exact) mass is 245 g/mol. The van der Waals surface area contributed by atoms with Crippen molar-refractivity contribution in [2.75, 3.05) is 40.5 Å². The number of ether oxygens (including phenoxy) is 2. The average molecular weight is 245 g/mol. The summed E-state index contributed by atoms with van der Waals surface area (Å²) >= 11 is 0. The molecule has 1 unspecified atom stereocenters. The van der Waals surface area contributed by atoms with Crippen LogP contribution < -0.4 is 5.32 Å². The van der Waals surface area contributed by atoms with E-state index in [1.165, 1.54) is 12.8 Å². The van der Waals surface area contributed by atoms with Crippen LogP contribution in [0.1, 0.15) is 40.0 Å². The van der Waals surface area contributed by atoms with Crippen molar-refractivity contribution in [3.63, 3.8) is 0 Å². The molecular weight excluding hydrogens is 214 g/mol. The fourth-order valence-corrected chi connectivity index (χ4v) is 2.48. The molecule has 0 rings (SSSR count). The predicted octanol–water partition coefficient (Wildman–Crippen LogP) is 2.70. The van der Waals surface area contributed by atoms with Crippen molar-refractivity contribution in [1.29, 1.82) is 0 Å². The summed E-state index contributed by atoms with van der Waals surface area (Å²) in [5.74, 6) is 0.687. The summed E-state index contributed by atoms with van der Waals surface area (Å²) in [5, 5.41) is 3.52. The molecule has 0 amide bonds. The van der Waals surface area contributed by atoms with E-state index in [4.69, 9.17) is 9.47 Å². The smallest absolute Gasteiger partial charge is 0.0587 e. The van der Waals surface area contributed by atoms with Gasteiger partial charge in [-0.3, -0.25) is 0 Å². The number of methoxy groups -OCH3 is 2. The first-order chi connectivity index (χ1) is 8.16. The second kappa shape index (κ2) is 9.86. The Kier molecular flexibility index (Phi) is 9.79. The zero-order chi connectivity index (χ0) is 13.1. The van der Waals surface area contributed by atoms with Crippen molar-refractivity contribution in [3.8, 4) is 0 Å². The third-order valence-corrected chi connectivity index (χ3v) is 4.17. The predicted molar refractivity (Wildman–Crippen MR) is 73.4 cm³/mol. The van der Waals surface area contributed by atoms with Gasteiger partial charge in [0.2, 0.25) is 0 Å². The highest BCUT2D eigenvalue weighted by atomic mass is 16.5. The molecule has 0 aliphatic carbocycles. The number of nitrogens with one attached hydrogen (secondary N) is 1. The molecule has 0 bridgehead atoms. The minimum atomic E-state index is 0.395. The number of hydrogen-bond donors (Lipinski definition) is 1. The fourth-order valence-electron chi connectivity index (χ4n) is 2.48. The average Bonchev–Trinajstić information content (AvgIpc) is 2.37. The maximum absolute atomic E-state index is 5.20. The van der Waals surface area contributed by atoms with Crippen molar-refractivity contribution in [2.45, 2.75) is 40.0 Å². The molecule has 0 aromatic carbocycles. The van der Waals surface area contributed by atoms with Gasteiger partial charge >= 0.3 is 0 Å². The number of rotatable bonds is 11. The van der Waals surface area contributed by atoms with E-state index in [1.54, 1.807) is 14.2 Å². The van der Waals surface area contributed by atoms with E-state index < -0.39 is 0 Å². The first kappa shape index (κ1) is 16.9. The maximum Gasteiger partial charge on any atom is 0.0587 e. The molecule has 0 spiro atoms. The van der Waals surface area contributed by atoms with Gasteiger partial charge in [0.05, 0.1) is 6.61 Å². The molecule has 3 heteroatoms. The van der Waals surface area contributed by atoms with E-state index in [0.29, 0.717) is 11.3 Å². The van der Waals surface area contributed by atoms with Crippen molar-refractivity contribution in [3.05, 3.63) is 0 Å². The van der Waals surface area contributed by atoms with E-state index in [9.17, 15) is 0 Å². The van der Waals surface area contributed by atoms with Gasteiger partial charge in [-0.25, -0.2) is 0 Å². The molecular formula is C14H31NO2. The highest BCUT2D eigenvalue weighted by Gasteiger charge is 2.31. The van der Waals surface area contributed by atoms with Gasteiger partial charge in [-0.1, -0.05) is 20.8 Å². The fraction of sp³-hybridized carbons (Fsp3) is 1.00. The van der Waals surface area contributed by atoms with E-state index >= 15 is 0 Å². The highest BCUT2D eigenvalue weighted by Crippen LogP contribution is 2.36. The van der Waals surface area contributed by atoms with E-state index in [0.717, 1.165) is 32.7 Å². The lowest BCUT2D eigenvalue weighted by Gasteiger charge is -2.38. The standard InChI is InChI=1S/C14H31NO2/c1-6-14(7-2,12-15-9-11-17-5)13(3)8-10-16-4/h13,15H,6-12H2,1-5H3. The largest absolute Gasteiger partial charge is 0.385 e. The molecule has 0 aliphatic rings. The van der Waals surface area contributed by atoms with Crippen molar-refractivity contribution < 1.29 is 9.47 Å². The minimum Gasteiger partial charge on any atom is -0.385 e. The van der Waals surface area contributed by atoms with Crippen LogP contribution in [0.15, 0.2) is 0 Å². The molecule has 0 radical (unpaired) electrons. The highest BCUT2D eigenvalue weighted by molar-refractivity contribution is 4.84. The van der Waals surface area contributed by atoms with Crippen LogP contribution in [0.5, 0.6) is 0 Å². The summed E-state index contributed by atoms with van der Waals surface area (Å²) in [5.41, 5.74) is 0.395. The van der Waals surface area contributed by atoms with Gasteiger partial charge in [0.15, 0.2) is 0 Å². The molecule has 104 valence electrons. The van der Waals surface area contributed by atoms with Crippen molar-refractivity contribution in [1.82, 2.24) is 5.32 Å². The second-order valence-corrected chi connectivity index (χ2v) is 4.92. The maximum atomic E-state index is 5.20. The van der Waals surface area contributed by atoms with Crippen LogP contribution in [-0.4, -0.2) is 40.5 Å². The van der Waals surface area contributed by atoms with Crippen LogP contribution >= 0.6 is 0 Å². The molecule has 0 saturated heterocycles. The minimum absolute atomic E-state index is 0.395. The Morgan fingerprint density at radius 3 is 2.12 bits per heavy atom. The molecule has 0 aromatic rings. The Balaban J connectivity index is 4.22. The Morgan fingerprint density at radius 1 is 1.06 bits per heavy atom. The summed E-state index contributed by atoms with van der Waals surface area (Å²) < 4.78 is 10.3. The molecule has 0 aliphatic heterocycles. The van der Waals surface area contributed by atoms with Crippen LogP contribution in [-0.2, 0) is 9.47 Å². The van der Waals surface area contributed by atoms with Crippen LogP contribution in [0.2, 0.25) is 0 Å². The quantitative estimate of drug-likeness (QED) is 0.568. The van der Waals surface area contributed by atoms with Crippen LogP contribution in [0.3, 0.4) is 0 Å². The van der Waals surface area contributed by atoms with Crippen LogP contribution in [0, 0.1) is 11.3 Å². The summed E-state index contributed by atoms with van der Waals surface area (Å²) in [6.07, 6.45) is 3.58. The zero-order valence-electron chi connectivity index (χ0n) is 12.3. The Hall–Kier alpha value is -0.120. The third-order valence-electron chi connectivity index (χ3n) is 4.17. The van der Waals surface area contributed by atoms with Gasteiger partial charge in [0.1, 0.15) is 0 Å². The van der Waals surface area contributed by atoms with Gasteiger partial charge in [-0.2, -0.15) is 0 Å². The lowest BCUT2D eigenvalue weighted by molar-refractivity contribution is 0.0994. The van der Waals surface area contributed by atoms with E-state index in [1.807, 2.05) is 0 Å².